The van der Waals surface area contributed by atoms with E-state index in [1.165, 1.54) is 11.8 Å². The van der Waals surface area contributed by atoms with E-state index in [1.807, 2.05) is 32.0 Å². The van der Waals surface area contributed by atoms with Crippen LogP contribution in [0, 0.1) is 13.8 Å². The molecule has 2 rings (SSSR count). The predicted octanol–water partition coefficient (Wildman–Crippen LogP) is 1.67. The largest absolute Gasteiger partial charge is 0.352 e. The number of aromatic nitrogens is 4. The Morgan fingerprint density at radius 3 is 3.05 bits per heavy atom. The van der Waals surface area contributed by atoms with E-state index in [1.54, 1.807) is 10.8 Å². The number of rotatable bonds is 6. The van der Waals surface area contributed by atoms with Gasteiger partial charge < -0.3 is 5.32 Å². The van der Waals surface area contributed by atoms with Gasteiger partial charge in [-0.25, -0.2) is 0 Å². The van der Waals surface area contributed by atoms with Gasteiger partial charge in [0.25, 0.3) is 0 Å². The van der Waals surface area contributed by atoms with Gasteiger partial charge in [-0.2, -0.15) is 4.68 Å². The lowest BCUT2D eigenvalue weighted by atomic mass is 10.1. The van der Waals surface area contributed by atoms with E-state index in [9.17, 15) is 4.79 Å². The first-order valence-electron chi connectivity index (χ1n) is 6.48. The summed E-state index contributed by atoms with van der Waals surface area (Å²) in [4.78, 5) is 11.6. The molecule has 0 aliphatic heterocycles. The summed E-state index contributed by atoms with van der Waals surface area (Å²) < 4.78 is 1.66. The smallest absolute Gasteiger partial charge is 0.230 e. The summed E-state index contributed by atoms with van der Waals surface area (Å²) in [5.74, 6) is 0.189. The highest BCUT2D eigenvalue weighted by Crippen LogP contribution is 2.21. The molecule has 0 saturated carbocycles. The van der Waals surface area contributed by atoms with Crippen molar-refractivity contribution >= 4 is 17.7 Å². The second-order valence-electron chi connectivity index (χ2n) is 4.54. The van der Waals surface area contributed by atoms with E-state index >= 15 is 0 Å². The molecule has 0 unspecified atom stereocenters. The molecular formula is C14H17N5OS. The van der Waals surface area contributed by atoms with Gasteiger partial charge in [0.1, 0.15) is 0 Å². The topological polar surface area (TPSA) is 72.7 Å². The Balaban J connectivity index is 2.13. The Labute approximate surface area is 127 Å². The summed E-state index contributed by atoms with van der Waals surface area (Å²) in [5, 5.41) is 15.0. The number of hydrogen-bond acceptors (Lipinski definition) is 5. The SMILES string of the molecule is C=CCNC(=O)CSc1nnnn1-c1cc(C)ccc1C. The maximum atomic E-state index is 11.6. The standard InChI is InChI=1S/C14H17N5OS/c1-4-7-15-13(20)9-21-14-16-17-18-19(14)12-8-10(2)5-6-11(12)3/h4-6,8H,1,7,9H2,2-3H3,(H,15,20). The van der Waals surface area contributed by atoms with Crippen LogP contribution < -0.4 is 5.32 Å². The van der Waals surface area contributed by atoms with Gasteiger partial charge in [0, 0.05) is 6.54 Å². The average molecular weight is 303 g/mol. The van der Waals surface area contributed by atoms with Gasteiger partial charge in [-0.15, -0.1) is 11.7 Å². The molecule has 0 atom stereocenters. The zero-order valence-corrected chi connectivity index (χ0v) is 12.9. The van der Waals surface area contributed by atoms with Crippen molar-refractivity contribution in [3.8, 4) is 5.69 Å². The maximum Gasteiger partial charge on any atom is 0.230 e. The van der Waals surface area contributed by atoms with Gasteiger partial charge in [-0.05, 0) is 41.5 Å². The number of carbonyl (C=O) groups is 1. The zero-order valence-electron chi connectivity index (χ0n) is 12.0. The number of nitrogens with one attached hydrogen (secondary N) is 1. The molecule has 110 valence electrons. The summed E-state index contributed by atoms with van der Waals surface area (Å²) in [7, 11) is 0. The summed E-state index contributed by atoms with van der Waals surface area (Å²) in [5.41, 5.74) is 3.13. The number of nitrogens with zero attached hydrogens (tertiary/aromatic N) is 4. The molecule has 0 spiro atoms. The quantitative estimate of drug-likeness (QED) is 0.649. The predicted molar refractivity (Wildman–Crippen MR) is 82.6 cm³/mol. The van der Waals surface area contributed by atoms with Gasteiger partial charge in [0.15, 0.2) is 0 Å². The van der Waals surface area contributed by atoms with Gasteiger partial charge in [0.05, 0.1) is 11.4 Å². The third-order valence-corrected chi connectivity index (χ3v) is 3.73. The van der Waals surface area contributed by atoms with E-state index in [2.05, 4.69) is 27.4 Å². The lowest BCUT2D eigenvalue weighted by molar-refractivity contribution is -0.118. The van der Waals surface area contributed by atoms with E-state index in [-0.39, 0.29) is 11.7 Å². The van der Waals surface area contributed by atoms with Crippen LogP contribution in [0.2, 0.25) is 0 Å². The fraction of sp³-hybridized carbons (Fsp3) is 0.286. The second kappa shape index (κ2) is 7.03. The molecular weight excluding hydrogens is 286 g/mol. The number of amides is 1. The van der Waals surface area contributed by atoms with Crippen molar-refractivity contribution in [2.75, 3.05) is 12.3 Å². The fourth-order valence-corrected chi connectivity index (χ4v) is 2.45. The molecule has 0 fully saturated rings. The molecule has 1 amide bonds. The lowest BCUT2D eigenvalue weighted by Gasteiger charge is -2.08. The number of benzene rings is 1. The van der Waals surface area contributed by atoms with Crippen LogP contribution in [0.1, 0.15) is 11.1 Å². The monoisotopic (exact) mass is 303 g/mol. The minimum atomic E-state index is -0.0737. The second-order valence-corrected chi connectivity index (χ2v) is 5.49. The molecule has 0 bridgehead atoms. The van der Waals surface area contributed by atoms with E-state index < -0.39 is 0 Å². The van der Waals surface area contributed by atoms with Crippen LogP contribution in [-0.2, 0) is 4.79 Å². The molecule has 6 nitrogen and oxygen atoms in total. The van der Waals surface area contributed by atoms with Crippen molar-refractivity contribution < 1.29 is 4.79 Å². The van der Waals surface area contributed by atoms with Crippen LogP contribution in [0.5, 0.6) is 0 Å². The first kappa shape index (κ1) is 15.2. The minimum absolute atomic E-state index is 0.0737. The first-order valence-corrected chi connectivity index (χ1v) is 7.46. The first-order chi connectivity index (χ1) is 10.1. The van der Waals surface area contributed by atoms with Crippen molar-refractivity contribution in [2.45, 2.75) is 19.0 Å². The molecule has 2 aromatic rings. The molecule has 0 aliphatic rings. The van der Waals surface area contributed by atoms with Gasteiger partial charge in [-0.1, -0.05) is 30.0 Å². The number of thioether (sulfide) groups is 1. The lowest BCUT2D eigenvalue weighted by Crippen LogP contribution is -2.25. The van der Waals surface area contributed by atoms with Crippen LogP contribution in [0.25, 0.3) is 5.69 Å². The Morgan fingerprint density at radius 2 is 2.29 bits per heavy atom. The van der Waals surface area contributed by atoms with Crippen LogP contribution in [0.4, 0.5) is 0 Å². The molecule has 1 N–H and O–H groups in total. The number of aryl methyl sites for hydroxylation is 2. The maximum absolute atomic E-state index is 11.6. The number of carbonyl (C=O) groups excluding carboxylic acids is 1. The zero-order chi connectivity index (χ0) is 15.2. The van der Waals surface area contributed by atoms with Crippen LogP contribution in [0.15, 0.2) is 36.0 Å². The summed E-state index contributed by atoms with van der Waals surface area (Å²) >= 11 is 1.30. The highest BCUT2D eigenvalue weighted by Gasteiger charge is 2.12. The van der Waals surface area contributed by atoms with Crippen molar-refractivity contribution in [3.63, 3.8) is 0 Å². The molecule has 7 heteroatoms. The van der Waals surface area contributed by atoms with Crippen molar-refractivity contribution in [3.05, 3.63) is 42.0 Å². The van der Waals surface area contributed by atoms with Crippen LogP contribution >= 0.6 is 11.8 Å². The average Bonchev–Trinajstić information content (AvgIpc) is 2.93. The Bertz CT molecular complexity index is 653. The summed E-state index contributed by atoms with van der Waals surface area (Å²) in [6, 6.07) is 6.09. The minimum Gasteiger partial charge on any atom is -0.352 e. The molecule has 0 saturated heterocycles. The van der Waals surface area contributed by atoms with E-state index in [4.69, 9.17) is 0 Å². The third kappa shape index (κ3) is 3.91. The Morgan fingerprint density at radius 1 is 1.48 bits per heavy atom. The number of hydrogen-bond donors (Lipinski definition) is 1. The summed E-state index contributed by atoms with van der Waals surface area (Å²) in [6.45, 7) is 8.03. The molecule has 21 heavy (non-hydrogen) atoms. The molecule has 0 radical (unpaired) electrons. The molecule has 1 heterocycles. The normalized spacial score (nSPS) is 10.4. The van der Waals surface area contributed by atoms with Gasteiger partial charge in [0.2, 0.25) is 11.1 Å². The van der Waals surface area contributed by atoms with Gasteiger partial charge in [-0.3, -0.25) is 4.79 Å². The van der Waals surface area contributed by atoms with E-state index in [0.29, 0.717) is 11.7 Å². The third-order valence-electron chi connectivity index (χ3n) is 2.81. The van der Waals surface area contributed by atoms with Crippen molar-refractivity contribution in [2.24, 2.45) is 0 Å². The Kier molecular flexibility index (Phi) is 5.10. The van der Waals surface area contributed by atoms with Gasteiger partial charge >= 0.3 is 0 Å². The fourth-order valence-electron chi connectivity index (χ4n) is 1.73. The molecule has 1 aromatic heterocycles. The van der Waals surface area contributed by atoms with Crippen LogP contribution in [0.3, 0.4) is 0 Å². The highest BCUT2D eigenvalue weighted by atomic mass is 32.2. The van der Waals surface area contributed by atoms with E-state index in [0.717, 1.165) is 16.8 Å². The highest BCUT2D eigenvalue weighted by molar-refractivity contribution is 7.99. The molecule has 1 aromatic carbocycles. The van der Waals surface area contributed by atoms with Crippen LogP contribution in [-0.4, -0.2) is 38.4 Å². The summed E-state index contributed by atoms with van der Waals surface area (Å²) in [6.07, 6.45) is 1.64. The number of tetrazole rings is 1. The van der Waals surface area contributed by atoms with Crippen molar-refractivity contribution in [1.82, 2.24) is 25.5 Å². The molecule has 0 aliphatic carbocycles. The Hall–Kier alpha value is -2.15. The van der Waals surface area contributed by atoms with Crippen molar-refractivity contribution in [1.29, 1.82) is 0 Å².